The van der Waals surface area contributed by atoms with Gasteiger partial charge in [-0.2, -0.15) is 0 Å². The van der Waals surface area contributed by atoms with Gasteiger partial charge in [0.15, 0.2) is 6.04 Å². The Balaban J connectivity index is 2.51. The molecule has 0 heterocycles. The Morgan fingerprint density at radius 3 is 2.53 bits per heavy atom. The molecule has 6 heteroatoms. The number of anilines is 1. The molecule has 0 saturated carbocycles. The first-order valence-electron chi connectivity index (χ1n) is 4.98. The summed E-state index contributed by atoms with van der Waals surface area (Å²) >= 11 is 0. The third kappa shape index (κ3) is 4.52. The van der Waals surface area contributed by atoms with Crippen LogP contribution in [0.3, 0.4) is 0 Å². The average Bonchev–Trinajstić information content (AvgIpc) is 2.29. The highest BCUT2D eigenvalue weighted by atomic mass is 16.5. The summed E-state index contributed by atoms with van der Waals surface area (Å²) in [6.07, 6.45) is 0. The maximum absolute atomic E-state index is 11.5. The number of para-hydroxylation sites is 1. The monoisotopic (exact) mass is 238 g/mol. The van der Waals surface area contributed by atoms with Crippen LogP contribution in [-0.4, -0.2) is 36.9 Å². The number of carbonyl (C=O) groups excluding carboxylic acids is 1. The number of hydrogen-bond donors (Lipinski definition) is 3. The van der Waals surface area contributed by atoms with Crippen LogP contribution < -0.4 is 10.6 Å². The summed E-state index contributed by atoms with van der Waals surface area (Å²) in [6.45, 7) is -0.0858. The van der Waals surface area contributed by atoms with E-state index in [9.17, 15) is 9.59 Å². The fraction of sp³-hybridized carbons (Fsp3) is 0.273. The molecule has 0 aliphatic heterocycles. The van der Waals surface area contributed by atoms with Crippen molar-refractivity contribution in [3.63, 3.8) is 0 Å². The number of urea groups is 1. The predicted molar refractivity (Wildman–Crippen MR) is 61.9 cm³/mol. The number of carbonyl (C=O) groups is 2. The molecular weight excluding hydrogens is 224 g/mol. The van der Waals surface area contributed by atoms with Gasteiger partial charge in [0.1, 0.15) is 0 Å². The lowest BCUT2D eigenvalue weighted by Gasteiger charge is -2.14. The van der Waals surface area contributed by atoms with Gasteiger partial charge in [-0.15, -0.1) is 0 Å². The fourth-order valence-electron chi connectivity index (χ4n) is 1.19. The molecule has 6 nitrogen and oxygen atoms in total. The van der Waals surface area contributed by atoms with Crippen molar-refractivity contribution in [1.82, 2.24) is 5.32 Å². The van der Waals surface area contributed by atoms with E-state index >= 15 is 0 Å². The second-order valence-electron chi connectivity index (χ2n) is 3.31. The Morgan fingerprint density at radius 2 is 2.00 bits per heavy atom. The third-order valence-corrected chi connectivity index (χ3v) is 1.97. The van der Waals surface area contributed by atoms with Crippen molar-refractivity contribution in [2.75, 3.05) is 19.0 Å². The average molecular weight is 238 g/mol. The topological polar surface area (TPSA) is 87.7 Å². The van der Waals surface area contributed by atoms with Crippen LogP contribution in [0.25, 0.3) is 0 Å². The van der Waals surface area contributed by atoms with Crippen LogP contribution in [0, 0.1) is 0 Å². The molecule has 0 fully saturated rings. The van der Waals surface area contributed by atoms with Gasteiger partial charge < -0.3 is 20.5 Å². The van der Waals surface area contributed by atoms with Crippen molar-refractivity contribution in [3.8, 4) is 0 Å². The van der Waals surface area contributed by atoms with Crippen molar-refractivity contribution in [3.05, 3.63) is 30.3 Å². The molecule has 0 aliphatic carbocycles. The quantitative estimate of drug-likeness (QED) is 0.711. The highest BCUT2D eigenvalue weighted by molar-refractivity contribution is 5.92. The summed E-state index contributed by atoms with van der Waals surface area (Å²) in [4.78, 5) is 22.2. The van der Waals surface area contributed by atoms with Crippen LogP contribution in [0.15, 0.2) is 30.3 Å². The van der Waals surface area contributed by atoms with Gasteiger partial charge in [0.05, 0.1) is 6.61 Å². The molecule has 17 heavy (non-hydrogen) atoms. The normalized spacial score (nSPS) is 11.6. The van der Waals surface area contributed by atoms with E-state index in [0.717, 1.165) is 0 Å². The molecule has 1 aromatic carbocycles. The molecule has 0 aromatic heterocycles. The molecule has 1 rings (SSSR count). The number of ether oxygens (including phenoxy) is 1. The number of carboxylic acids is 1. The van der Waals surface area contributed by atoms with Gasteiger partial charge in [-0.3, -0.25) is 0 Å². The van der Waals surface area contributed by atoms with Crippen molar-refractivity contribution >= 4 is 17.7 Å². The molecule has 0 bridgehead atoms. The van der Waals surface area contributed by atoms with Crippen molar-refractivity contribution in [1.29, 1.82) is 0 Å². The van der Waals surface area contributed by atoms with Crippen LogP contribution in [0.1, 0.15) is 0 Å². The molecular formula is C11H14N2O4. The maximum atomic E-state index is 11.5. The zero-order chi connectivity index (χ0) is 12.7. The van der Waals surface area contributed by atoms with E-state index in [1.165, 1.54) is 7.11 Å². The Hall–Kier alpha value is -2.08. The first-order valence-corrected chi connectivity index (χ1v) is 4.98. The van der Waals surface area contributed by atoms with Crippen LogP contribution in [0.2, 0.25) is 0 Å². The Morgan fingerprint density at radius 1 is 1.35 bits per heavy atom. The van der Waals surface area contributed by atoms with Gasteiger partial charge in [-0.05, 0) is 12.1 Å². The summed E-state index contributed by atoms with van der Waals surface area (Å²) < 4.78 is 4.69. The van der Waals surface area contributed by atoms with Crippen LogP contribution in [0.5, 0.6) is 0 Å². The molecule has 0 spiro atoms. The molecule has 2 amide bonds. The molecule has 1 unspecified atom stereocenters. The zero-order valence-corrected chi connectivity index (χ0v) is 9.34. The molecule has 1 atom stereocenters. The van der Waals surface area contributed by atoms with E-state index in [0.29, 0.717) is 5.69 Å². The van der Waals surface area contributed by atoms with E-state index in [2.05, 4.69) is 10.6 Å². The van der Waals surface area contributed by atoms with E-state index in [1.54, 1.807) is 24.3 Å². The van der Waals surface area contributed by atoms with Gasteiger partial charge in [-0.1, -0.05) is 18.2 Å². The summed E-state index contributed by atoms with van der Waals surface area (Å²) in [6, 6.07) is 7.09. The van der Waals surface area contributed by atoms with Gasteiger partial charge in [0.2, 0.25) is 0 Å². The highest BCUT2D eigenvalue weighted by Gasteiger charge is 2.19. The first kappa shape index (κ1) is 13.0. The Bertz CT molecular complexity index is 380. The highest BCUT2D eigenvalue weighted by Crippen LogP contribution is 2.04. The number of benzene rings is 1. The van der Waals surface area contributed by atoms with Crippen molar-refractivity contribution in [2.45, 2.75) is 6.04 Å². The lowest BCUT2D eigenvalue weighted by molar-refractivity contribution is -0.140. The van der Waals surface area contributed by atoms with Gasteiger partial charge in [0, 0.05) is 12.8 Å². The summed E-state index contributed by atoms with van der Waals surface area (Å²) in [7, 11) is 1.37. The maximum Gasteiger partial charge on any atom is 0.328 e. The number of carboxylic acid groups (broad SMARTS) is 1. The number of amides is 2. The summed E-state index contributed by atoms with van der Waals surface area (Å²) in [5.41, 5.74) is 0.589. The SMILES string of the molecule is COCC(NC(=O)Nc1ccccc1)C(=O)O. The summed E-state index contributed by atoms with van der Waals surface area (Å²) in [5, 5.41) is 13.6. The van der Waals surface area contributed by atoms with Gasteiger partial charge in [0.25, 0.3) is 0 Å². The third-order valence-electron chi connectivity index (χ3n) is 1.97. The minimum Gasteiger partial charge on any atom is -0.480 e. The largest absolute Gasteiger partial charge is 0.480 e. The summed E-state index contributed by atoms with van der Waals surface area (Å²) in [5.74, 6) is -1.14. The minimum atomic E-state index is -1.14. The first-order chi connectivity index (χ1) is 8.13. The fourth-order valence-corrected chi connectivity index (χ4v) is 1.19. The number of hydrogen-bond acceptors (Lipinski definition) is 3. The standard InChI is InChI=1S/C11H14N2O4/c1-17-7-9(10(14)15)13-11(16)12-8-5-3-2-4-6-8/h2-6,9H,7H2,1H3,(H,14,15)(H2,12,13,16). The second kappa shape index (κ2) is 6.49. The second-order valence-corrected chi connectivity index (χ2v) is 3.31. The number of nitrogens with one attached hydrogen (secondary N) is 2. The number of methoxy groups -OCH3 is 1. The van der Waals surface area contributed by atoms with Crippen molar-refractivity contribution < 1.29 is 19.4 Å². The van der Waals surface area contributed by atoms with Gasteiger partial charge in [-0.25, -0.2) is 9.59 Å². The minimum absolute atomic E-state index is 0.0858. The Labute approximate surface area is 98.6 Å². The Kier molecular flexibility index (Phi) is 4.96. The smallest absolute Gasteiger partial charge is 0.328 e. The van der Waals surface area contributed by atoms with Gasteiger partial charge >= 0.3 is 12.0 Å². The van der Waals surface area contributed by atoms with Crippen LogP contribution in [-0.2, 0) is 9.53 Å². The molecule has 0 saturated heterocycles. The van der Waals surface area contributed by atoms with E-state index < -0.39 is 18.0 Å². The lowest BCUT2D eigenvalue weighted by atomic mass is 10.3. The van der Waals surface area contributed by atoms with E-state index in [4.69, 9.17) is 9.84 Å². The molecule has 0 radical (unpaired) electrons. The van der Waals surface area contributed by atoms with E-state index in [-0.39, 0.29) is 6.61 Å². The molecule has 1 aromatic rings. The number of rotatable bonds is 5. The molecule has 92 valence electrons. The molecule has 3 N–H and O–H groups in total. The van der Waals surface area contributed by atoms with Crippen LogP contribution in [0.4, 0.5) is 10.5 Å². The van der Waals surface area contributed by atoms with Crippen molar-refractivity contribution in [2.24, 2.45) is 0 Å². The predicted octanol–water partition coefficient (Wildman–Crippen LogP) is 0.908. The lowest BCUT2D eigenvalue weighted by Crippen LogP contribution is -2.45. The zero-order valence-electron chi connectivity index (χ0n) is 9.34. The van der Waals surface area contributed by atoms with E-state index in [1.807, 2.05) is 6.07 Å². The number of aliphatic carboxylic acids is 1. The molecule has 0 aliphatic rings. The van der Waals surface area contributed by atoms with Crippen LogP contribution >= 0.6 is 0 Å².